The third kappa shape index (κ3) is 10.3. The Morgan fingerprint density at radius 2 is 1.97 bits per heavy atom. The van der Waals surface area contributed by atoms with Gasteiger partial charge in [0.05, 0.1) is 25.9 Å². The van der Waals surface area contributed by atoms with E-state index in [1.165, 1.54) is 12.0 Å². The van der Waals surface area contributed by atoms with Crippen molar-refractivity contribution in [2.45, 2.75) is 59.6 Å². The van der Waals surface area contributed by atoms with E-state index in [4.69, 9.17) is 14.5 Å². The van der Waals surface area contributed by atoms with Crippen molar-refractivity contribution in [2.75, 3.05) is 45.9 Å². The topological polar surface area (TPSA) is 58.1 Å². The molecular formula is C23H41IN4O2. The number of unbranched alkanes of at least 4 members (excludes halogenated alkanes) is 1. The Labute approximate surface area is 200 Å². The lowest BCUT2D eigenvalue weighted by Gasteiger charge is -2.26. The molecule has 0 spiro atoms. The third-order valence-corrected chi connectivity index (χ3v) is 5.17. The first-order chi connectivity index (χ1) is 14.1. The van der Waals surface area contributed by atoms with Gasteiger partial charge in [-0.1, -0.05) is 19.1 Å². The summed E-state index contributed by atoms with van der Waals surface area (Å²) < 4.78 is 11.5. The summed E-state index contributed by atoms with van der Waals surface area (Å²) in [5, 5.41) is 6.81. The number of rotatable bonds is 11. The van der Waals surface area contributed by atoms with Crippen LogP contribution in [0.4, 0.5) is 0 Å². The molecule has 1 aliphatic rings. The molecule has 0 radical (unpaired) electrons. The van der Waals surface area contributed by atoms with Crippen molar-refractivity contribution >= 4 is 29.9 Å². The molecule has 6 nitrogen and oxygen atoms in total. The van der Waals surface area contributed by atoms with E-state index in [-0.39, 0.29) is 30.1 Å². The van der Waals surface area contributed by atoms with E-state index in [0.717, 1.165) is 76.1 Å². The van der Waals surface area contributed by atoms with Crippen LogP contribution in [-0.2, 0) is 11.3 Å². The number of hydrogen-bond donors (Lipinski definition) is 2. The summed E-state index contributed by atoms with van der Waals surface area (Å²) >= 11 is 0. The van der Waals surface area contributed by atoms with Crippen molar-refractivity contribution in [3.8, 4) is 5.75 Å². The number of aliphatic imine (C=N–C) groups is 1. The Hall–Kier alpha value is -1.06. The lowest BCUT2D eigenvalue weighted by Crippen LogP contribution is -2.39. The van der Waals surface area contributed by atoms with Crippen molar-refractivity contribution in [3.05, 3.63) is 29.3 Å². The molecule has 172 valence electrons. The number of hydrogen-bond acceptors (Lipinski definition) is 4. The van der Waals surface area contributed by atoms with Crippen LogP contribution in [0.2, 0.25) is 0 Å². The van der Waals surface area contributed by atoms with Gasteiger partial charge in [-0.05, 0) is 58.2 Å². The highest BCUT2D eigenvalue weighted by atomic mass is 127. The minimum atomic E-state index is 0. The van der Waals surface area contributed by atoms with Crippen molar-refractivity contribution in [2.24, 2.45) is 4.99 Å². The predicted octanol–water partition coefficient (Wildman–Crippen LogP) is 3.96. The molecule has 0 saturated carbocycles. The van der Waals surface area contributed by atoms with Gasteiger partial charge in [0, 0.05) is 31.7 Å². The zero-order valence-electron chi connectivity index (χ0n) is 19.2. The maximum absolute atomic E-state index is 6.11. The van der Waals surface area contributed by atoms with Gasteiger partial charge in [0.25, 0.3) is 0 Å². The fraction of sp³-hybridized carbons (Fsp3) is 0.696. The Bertz CT molecular complexity index is 621. The smallest absolute Gasteiger partial charge is 0.191 e. The monoisotopic (exact) mass is 532 g/mol. The molecule has 0 aromatic heterocycles. The van der Waals surface area contributed by atoms with Gasteiger partial charge < -0.3 is 20.1 Å². The van der Waals surface area contributed by atoms with Crippen LogP contribution in [0, 0.1) is 6.92 Å². The molecule has 1 aromatic rings. The number of nitrogens with zero attached hydrogens (tertiary/aromatic N) is 2. The summed E-state index contributed by atoms with van der Waals surface area (Å²) in [4.78, 5) is 7.27. The molecule has 0 aliphatic carbocycles. The Balaban J connectivity index is 0.00000450. The van der Waals surface area contributed by atoms with E-state index in [1.54, 1.807) is 0 Å². The van der Waals surface area contributed by atoms with E-state index in [2.05, 4.69) is 61.4 Å². The molecule has 0 amide bonds. The number of aryl methyl sites for hydroxylation is 1. The number of guanidine groups is 1. The normalized spacial score (nSPS) is 15.9. The van der Waals surface area contributed by atoms with Gasteiger partial charge in [-0.2, -0.15) is 0 Å². The number of ether oxygens (including phenoxy) is 2. The van der Waals surface area contributed by atoms with Crippen molar-refractivity contribution in [3.63, 3.8) is 0 Å². The van der Waals surface area contributed by atoms with Crippen molar-refractivity contribution in [1.29, 1.82) is 0 Å². The van der Waals surface area contributed by atoms with Gasteiger partial charge >= 0.3 is 0 Å². The van der Waals surface area contributed by atoms with E-state index < -0.39 is 0 Å². The van der Waals surface area contributed by atoms with Crippen LogP contribution in [0.1, 0.15) is 51.2 Å². The maximum atomic E-state index is 6.11. The minimum absolute atomic E-state index is 0. The maximum Gasteiger partial charge on any atom is 0.191 e. The van der Waals surface area contributed by atoms with E-state index in [1.807, 2.05) is 0 Å². The molecule has 1 atom stereocenters. The summed E-state index contributed by atoms with van der Waals surface area (Å²) in [5.74, 6) is 1.82. The van der Waals surface area contributed by atoms with Gasteiger partial charge in [0.2, 0.25) is 0 Å². The molecule has 1 aromatic carbocycles. The number of morpholine rings is 1. The van der Waals surface area contributed by atoms with Crippen LogP contribution in [0.5, 0.6) is 5.75 Å². The molecule has 1 heterocycles. The summed E-state index contributed by atoms with van der Waals surface area (Å²) in [5.41, 5.74) is 2.33. The zero-order valence-corrected chi connectivity index (χ0v) is 21.5. The third-order valence-electron chi connectivity index (χ3n) is 5.17. The van der Waals surface area contributed by atoms with E-state index in [9.17, 15) is 0 Å². The van der Waals surface area contributed by atoms with Gasteiger partial charge in [0.15, 0.2) is 5.96 Å². The van der Waals surface area contributed by atoms with Crippen LogP contribution in [0.3, 0.4) is 0 Å². The predicted molar refractivity (Wildman–Crippen MR) is 136 cm³/mol. The molecule has 2 rings (SSSR count). The highest BCUT2D eigenvalue weighted by Crippen LogP contribution is 2.23. The molecule has 30 heavy (non-hydrogen) atoms. The Kier molecular flexibility index (Phi) is 14.1. The van der Waals surface area contributed by atoms with Gasteiger partial charge in [0.1, 0.15) is 5.75 Å². The largest absolute Gasteiger partial charge is 0.490 e. The fourth-order valence-electron chi connectivity index (χ4n) is 3.20. The molecule has 0 bridgehead atoms. The fourth-order valence-corrected chi connectivity index (χ4v) is 3.20. The lowest BCUT2D eigenvalue weighted by atomic mass is 10.1. The Morgan fingerprint density at radius 3 is 2.67 bits per heavy atom. The first-order valence-corrected chi connectivity index (χ1v) is 11.2. The number of nitrogens with one attached hydrogen (secondary N) is 2. The van der Waals surface area contributed by atoms with Crippen molar-refractivity contribution in [1.82, 2.24) is 15.5 Å². The standard InChI is InChI=1S/C23H40N4O2.HI/c1-5-20(4)29-22-17-19(3)9-10-21(22)18-26-23(24-6-2)25-11-7-8-12-27-13-15-28-16-14-27;/h9-10,17,20H,5-8,11-16,18H2,1-4H3,(H2,24,25,26);1H. The van der Waals surface area contributed by atoms with Gasteiger partial charge in [-0.15, -0.1) is 24.0 Å². The zero-order chi connectivity index (χ0) is 20.9. The van der Waals surface area contributed by atoms with Crippen LogP contribution >= 0.6 is 24.0 Å². The highest BCUT2D eigenvalue weighted by Gasteiger charge is 2.10. The van der Waals surface area contributed by atoms with Crippen LogP contribution in [-0.4, -0.2) is 62.9 Å². The number of benzene rings is 1. The average Bonchev–Trinajstić information content (AvgIpc) is 2.73. The SMILES string of the molecule is CCNC(=NCc1ccc(C)cc1OC(C)CC)NCCCCN1CCOCC1.I. The van der Waals surface area contributed by atoms with E-state index in [0.29, 0.717) is 6.54 Å². The molecule has 2 N–H and O–H groups in total. The first-order valence-electron chi connectivity index (χ1n) is 11.2. The summed E-state index contributed by atoms with van der Waals surface area (Å²) in [6.45, 7) is 15.9. The highest BCUT2D eigenvalue weighted by molar-refractivity contribution is 14.0. The minimum Gasteiger partial charge on any atom is -0.490 e. The second-order valence-electron chi connectivity index (χ2n) is 7.73. The molecule has 1 unspecified atom stereocenters. The quantitative estimate of drug-likeness (QED) is 0.196. The van der Waals surface area contributed by atoms with Crippen LogP contribution in [0.15, 0.2) is 23.2 Å². The molecular weight excluding hydrogens is 491 g/mol. The second kappa shape index (κ2) is 15.7. The van der Waals surface area contributed by atoms with E-state index >= 15 is 0 Å². The summed E-state index contributed by atoms with van der Waals surface area (Å²) in [7, 11) is 0. The first kappa shape index (κ1) is 27.0. The Morgan fingerprint density at radius 1 is 1.20 bits per heavy atom. The summed E-state index contributed by atoms with van der Waals surface area (Å²) in [6.07, 6.45) is 3.52. The van der Waals surface area contributed by atoms with Gasteiger partial charge in [-0.25, -0.2) is 4.99 Å². The molecule has 1 saturated heterocycles. The molecule has 1 fully saturated rings. The average molecular weight is 533 g/mol. The number of halogens is 1. The van der Waals surface area contributed by atoms with Gasteiger partial charge in [-0.3, -0.25) is 4.90 Å². The molecule has 1 aliphatic heterocycles. The van der Waals surface area contributed by atoms with Crippen LogP contribution in [0.25, 0.3) is 0 Å². The van der Waals surface area contributed by atoms with Crippen molar-refractivity contribution < 1.29 is 9.47 Å². The van der Waals surface area contributed by atoms with Crippen LogP contribution < -0.4 is 15.4 Å². The lowest BCUT2D eigenvalue weighted by molar-refractivity contribution is 0.0372. The molecule has 7 heteroatoms. The second-order valence-corrected chi connectivity index (χ2v) is 7.73. The summed E-state index contributed by atoms with van der Waals surface area (Å²) in [6, 6.07) is 6.37.